The van der Waals surface area contributed by atoms with Gasteiger partial charge in [0.1, 0.15) is 0 Å². The van der Waals surface area contributed by atoms with Crippen LogP contribution >= 0.6 is 24.0 Å². The first-order valence-corrected chi connectivity index (χ1v) is 9.44. The molecular weight excluding hydrogens is 453 g/mol. The van der Waals surface area contributed by atoms with Gasteiger partial charge in [0.2, 0.25) is 5.91 Å². The van der Waals surface area contributed by atoms with Crippen LogP contribution in [0.4, 0.5) is 0 Å². The Labute approximate surface area is 178 Å². The molecule has 1 aromatic rings. The fourth-order valence-corrected chi connectivity index (χ4v) is 3.78. The molecule has 6 nitrogen and oxygen atoms in total. The number of nitriles is 1. The molecule has 146 valence electrons. The lowest BCUT2D eigenvalue weighted by molar-refractivity contribution is -0.134. The van der Waals surface area contributed by atoms with Gasteiger partial charge >= 0.3 is 0 Å². The van der Waals surface area contributed by atoms with Crippen LogP contribution in [0.3, 0.4) is 0 Å². The number of nitrogens with one attached hydrogen (secondary N) is 2. The van der Waals surface area contributed by atoms with Crippen LogP contribution in [0.2, 0.25) is 0 Å². The molecule has 0 radical (unpaired) electrons. The van der Waals surface area contributed by atoms with E-state index in [1.807, 2.05) is 29.2 Å². The van der Waals surface area contributed by atoms with Gasteiger partial charge in [-0.3, -0.25) is 9.79 Å². The van der Waals surface area contributed by atoms with E-state index < -0.39 is 0 Å². The number of hydrogen-bond donors (Lipinski definition) is 2. The molecule has 1 saturated heterocycles. The van der Waals surface area contributed by atoms with E-state index in [4.69, 9.17) is 5.26 Å². The minimum absolute atomic E-state index is 0. The topological polar surface area (TPSA) is 80.5 Å². The van der Waals surface area contributed by atoms with Gasteiger partial charge in [-0.15, -0.1) is 24.0 Å². The van der Waals surface area contributed by atoms with Crippen molar-refractivity contribution < 1.29 is 4.79 Å². The van der Waals surface area contributed by atoms with Gasteiger partial charge in [-0.1, -0.05) is 25.0 Å². The molecule has 1 amide bonds. The molecular formula is C20H28IN5O. The normalized spacial score (nSPS) is 20.1. The third kappa shape index (κ3) is 5.83. The molecule has 1 aliphatic carbocycles. The quantitative estimate of drug-likeness (QED) is 0.394. The van der Waals surface area contributed by atoms with E-state index in [1.54, 1.807) is 7.05 Å². The number of aliphatic imine (C=N–C) groups is 1. The second-order valence-corrected chi connectivity index (χ2v) is 7.13. The largest absolute Gasteiger partial charge is 0.352 e. The van der Waals surface area contributed by atoms with Gasteiger partial charge < -0.3 is 15.5 Å². The second kappa shape index (κ2) is 10.5. The zero-order chi connectivity index (χ0) is 18.4. The predicted octanol–water partition coefficient (Wildman–Crippen LogP) is 2.63. The summed E-state index contributed by atoms with van der Waals surface area (Å²) in [5.41, 5.74) is 1.76. The van der Waals surface area contributed by atoms with Crippen molar-refractivity contribution in [1.29, 1.82) is 5.26 Å². The SMILES string of the molecule is CN=C(NCc1ccc(C#N)cc1)NC1CCN(C(=O)C2CCCC2)C1.I. The molecule has 27 heavy (non-hydrogen) atoms. The number of rotatable bonds is 4. The van der Waals surface area contributed by atoms with Crippen molar-refractivity contribution in [1.82, 2.24) is 15.5 Å². The second-order valence-electron chi connectivity index (χ2n) is 7.13. The molecule has 1 unspecified atom stereocenters. The summed E-state index contributed by atoms with van der Waals surface area (Å²) in [6.45, 7) is 2.23. The average molecular weight is 481 g/mol. The molecule has 2 N–H and O–H groups in total. The highest BCUT2D eigenvalue weighted by atomic mass is 127. The Morgan fingerprint density at radius 1 is 1.26 bits per heavy atom. The molecule has 3 rings (SSSR count). The van der Waals surface area contributed by atoms with E-state index in [2.05, 4.69) is 21.7 Å². The van der Waals surface area contributed by atoms with E-state index >= 15 is 0 Å². The maximum Gasteiger partial charge on any atom is 0.225 e. The zero-order valence-electron chi connectivity index (χ0n) is 15.8. The molecule has 1 atom stereocenters. The van der Waals surface area contributed by atoms with Crippen molar-refractivity contribution in [2.24, 2.45) is 10.9 Å². The molecule has 7 heteroatoms. The van der Waals surface area contributed by atoms with Crippen LogP contribution in [-0.4, -0.2) is 42.9 Å². The molecule has 2 fully saturated rings. The molecule has 1 saturated carbocycles. The summed E-state index contributed by atoms with van der Waals surface area (Å²) in [6, 6.07) is 9.88. The summed E-state index contributed by atoms with van der Waals surface area (Å²) in [6.07, 6.45) is 5.45. The number of amides is 1. The standard InChI is InChI=1S/C20H27N5O.HI/c1-22-20(23-13-16-8-6-15(12-21)7-9-16)24-18-10-11-25(14-18)19(26)17-4-2-3-5-17;/h6-9,17-18H,2-5,10-11,13-14H2,1H3,(H2,22,23,24);1H. The summed E-state index contributed by atoms with van der Waals surface area (Å²) in [7, 11) is 1.75. The van der Waals surface area contributed by atoms with Crippen LogP contribution in [-0.2, 0) is 11.3 Å². The summed E-state index contributed by atoms with van der Waals surface area (Å²) >= 11 is 0. The lowest BCUT2D eigenvalue weighted by Gasteiger charge is -2.21. The first-order chi connectivity index (χ1) is 12.7. The van der Waals surface area contributed by atoms with Crippen LogP contribution in [0.5, 0.6) is 0 Å². The predicted molar refractivity (Wildman–Crippen MR) is 117 cm³/mol. The minimum Gasteiger partial charge on any atom is -0.352 e. The number of guanidine groups is 1. The van der Waals surface area contributed by atoms with Crippen LogP contribution in [0.15, 0.2) is 29.3 Å². The summed E-state index contributed by atoms with van der Waals surface area (Å²) in [5.74, 6) is 1.34. The first kappa shape index (κ1) is 21.5. The van der Waals surface area contributed by atoms with Gasteiger partial charge in [0.25, 0.3) is 0 Å². The number of carbonyl (C=O) groups excluding carboxylic acids is 1. The number of nitrogens with zero attached hydrogens (tertiary/aromatic N) is 3. The highest BCUT2D eigenvalue weighted by molar-refractivity contribution is 14.0. The van der Waals surface area contributed by atoms with E-state index in [-0.39, 0.29) is 35.9 Å². The fourth-order valence-electron chi connectivity index (χ4n) is 3.78. The summed E-state index contributed by atoms with van der Waals surface area (Å²) in [5, 5.41) is 15.6. The Morgan fingerprint density at radius 2 is 1.96 bits per heavy atom. The number of carbonyl (C=O) groups is 1. The molecule has 1 aliphatic heterocycles. The van der Waals surface area contributed by atoms with Crippen molar-refractivity contribution >= 4 is 35.8 Å². The van der Waals surface area contributed by atoms with E-state index in [9.17, 15) is 4.79 Å². The highest BCUT2D eigenvalue weighted by Crippen LogP contribution is 2.27. The smallest absolute Gasteiger partial charge is 0.225 e. The van der Waals surface area contributed by atoms with Crippen LogP contribution in [0.25, 0.3) is 0 Å². The molecule has 2 aliphatic rings. The molecule has 0 bridgehead atoms. The Morgan fingerprint density at radius 3 is 2.59 bits per heavy atom. The van der Waals surface area contributed by atoms with Crippen LogP contribution in [0, 0.1) is 17.2 Å². The van der Waals surface area contributed by atoms with Crippen molar-refractivity contribution in [2.45, 2.75) is 44.7 Å². The van der Waals surface area contributed by atoms with Crippen molar-refractivity contribution in [3.8, 4) is 6.07 Å². The van der Waals surface area contributed by atoms with Gasteiger partial charge in [0.05, 0.1) is 11.6 Å². The van der Waals surface area contributed by atoms with Gasteiger partial charge in [0.15, 0.2) is 5.96 Å². The average Bonchev–Trinajstić information content (AvgIpc) is 3.37. The zero-order valence-corrected chi connectivity index (χ0v) is 18.1. The van der Waals surface area contributed by atoms with Gasteiger partial charge in [-0.2, -0.15) is 5.26 Å². The number of halogens is 1. The Hall–Kier alpha value is -1.82. The summed E-state index contributed by atoms with van der Waals surface area (Å²) in [4.78, 5) is 18.8. The van der Waals surface area contributed by atoms with E-state index in [0.29, 0.717) is 18.0 Å². The van der Waals surface area contributed by atoms with Crippen molar-refractivity contribution in [2.75, 3.05) is 20.1 Å². The van der Waals surface area contributed by atoms with Gasteiger partial charge in [-0.25, -0.2) is 0 Å². The highest BCUT2D eigenvalue weighted by Gasteiger charge is 2.32. The van der Waals surface area contributed by atoms with Gasteiger partial charge in [-0.05, 0) is 37.0 Å². The van der Waals surface area contributed by atoms with Gasteiger partial charge in [0, 0.05) is 38.6 Å². The maximum absolute atomic E-state index is 12.5. The minimum atomic E-state index is 0. The third-order valence-corrected chi connectivity index (χ3v) is 5.31. The lowest BCUT2D eigenvalue weighted by atomic mass is 10.1. The number of likely N-dealkylation sites (tertiary alicyclic amines) is 1. The van der Waals surface area contributed by atoms with Crippen LogP contribution < -0.4 is 10.6 Å². The molecule has 1 aromatic carbocycles. The van der Waals surface area contributed by atoms with Crippen molar-refractivity contribution in [3.63, 3.8) is 0 Å². The first-order valence-electron chi connectivity index (χ1n) is 9.44. The number of benzene rings is 1. The third-order valence-electron chi connectivity index (χ3n) is 5.31. The van der Waals surface area contributed by atoms with E-state index in [1.165, 1.54) is 12.8 Å². The summed E-state index contributed by atoms with van der Waals surface area (Å²) < 4.78 is 0. The molecule has 1 heterocycles. The van der Waals surface area contributed by atoms with Crippen molar-refractivity contribution in [3.05, 3.63) is 35.4 Å². The Bertz CT molecular complexity index is 691. The Balaban J connectivity index is 0.00000261. The molecule has 0 spiro atoms. The van der Waals surface area contributed by atoms with E-state index in [0.717, 1.165) is 43.9 Å². The molecule has 0 aromatic heterocycles. The fraction of sp³-hybridized carbons (Fsp3) is 0.550. The van der Waals surface area contributed by atoms with Crippen LogP contribution in [0.1, 0.15) is 43.2 Å². The lowest BCUT2D eigenvalue weighted by Crippen LogP contribution is -2.45. The monoisotopic (exact) mass is 481 g/mol. The Kier molecular flexibility index (Phi) is 8.35. The number of hydrogen-bond acceptors (Lipinski definition) is 3. The maximum atomic E-state index is 12.5.